The molecule has 2 N–H and O–H groups in total. The van der Waals surface area contributed by atoms with Gasteiger partial charge >= 0.3 is 0 Å². The molecule has 1 saturated carbocycles. The summed E-state index contributed by atoms with van der Waals surface area (Å²) in [5, 5.41) is 5.94. The summed E-state index contributed by atoms with van der Waals surface area (Å²) in [4.78, 5) is 24.7. The highest BCUT2D eigenvalue weighted by molar-refractivity contribution is 5.97. The third-order valence-corrected chi connectivity index (χ3v) is 4.77. The summed E-state index contributed by atoms with van der Waals surface area (Å²) in [7, 11) is 0. The first-order valence-electron chi connectivity index (χ1n) is 8.90. The molecule has 0 radical (unpaired) electrons. The molecule has 0 bridgehead atoms. The van der Waals surface area contributed by atoms with Gasteiger partial charge in [0.25, 0.3) is 5.91 Å². The van der Waals surface area contributed by atoms with Crippen LogP contribution in [0.4, 0.5) is 5.69 Å². The van der Waals surface area contributed by atoms with Crippen LogP contribution < -0.4 is 10.6 Å². The SMILES string of the molecule is CC(NC(=O)c1cccc(NC(=O)C2CCCC2)c1)c1ccccc1. The lowest BCUT2D eigenvalue weighted by atomic mass is 10.1. The summed E-state index contributed by atoms with van der Waals surface area (Å²) in [6.45, 7) is 1.96. The van der Waals surface area contributed by atoms with Crippen LogP contribution >= 0.6 is 0 Å². The molecule has 0 aliphatic heterocycles. The van der Waals surface area contributed by atoms with E-state index in [1.54, 1.807) is 18.2 Å². The van der Waals surface area contributed by atoms with E-state index in [1.165, 1.54) is 0 Å². The van der Waals surface area contributed by atoms with Crippen molar-refractivity contribution in [3.63, 3.8) is 0 Å². The van der Waals surface area contributed by atoms with Crippen LogP contribution in [0.5, 0.6) is 0 Å². The molecule has 2 aromatic rings. The standard InChI is InChI=1S/C21H24N2O2/c1-15(16-8-3-2-4-9-16)22-21(25)18-12-7-13-19(14-18)23-20(24)17-10-5-6-11-17/h2-4,7-9,12-15,17H,5-6,10-11H2,1H3,(H,22,25)(H,23,24). The van der Waals surface area contributed by atoms with Crippen LogP contribution in [-0.2, 0) is 4.79 Å². The van der Waals surface area contributed by atoms with Crippen molar-refractivity contribution < 1.29 is 9.59 Å². The van der Waals surface area contributed by atoms with E-state index in [9.17, 15) is 9.59 Å². The molecule has 4 heteroatoms. The molecule has 1 aliphatic rings. The number of anilines is 1. The van der Waals surface area contributed by atoms with E-state index in [2.05, 4.69) is 10.6 Å². The van der Waals surface area contributed by atoms with Crippen molar-refractivity contribution in [1.82, 2.24) is 5.32 Å². The molecule has 1 aliphatic carbocycles. The molecule has 4 nitrogen and oxygen atoms in total. The van der Waals surface area contributed by atoms with Crippen LogP contribution in [0, 0.1) is 5.92 Å². The molecule has 0 saturated heterocycles. The number of amides is 2. The third-order valence-electron chi connectivity index (χ3n) is 4.77. The molecular weight excluding hydrogens is 312 g/mol. The van der Waals surface area contributed by atoms with Crippen molar-refractivity contribution in [2.24, 2.45) is 5.92 Å². The molecule has 2 amide bonds. The zero-order valence-corrected chi connectivity index (χ0v) is 14.5. The first-order valence-corrected chi connectivity index (χ1v) is 8.90. The van der Waals surface area contributed by atoms with E-state index in [4.69, 9.17) is 0 Å². The number of carbonyl (C=O) groups excluding carboxylic acids is 2. The highest BCUT2D eigenvalue weighted by atomic mass is 16.2. The molecule has 3 rings (SSSR count). The summed E-state index contributed by atoms with van der Waals surface area (Å²) in [6.07, 6.45) is 4.16. The fourth-order valence-electron chi connectivity index (χ4n) is 3.28. The van der Waals surface area contributed by atoms with Gasteiger partial charge in [-0.05, 0) is 43.5 Å². The van der Waals surface area contributed by atoms with Gasteiger partial charge in [-0.1, -0.05) is 49.2 Å². The number of hydrogen-bond donors (Lipinski definition) is 2. The second-order valence-electron chi connectivity index (χ2n) is 6.66. The predicted octanol–water partition coefficient (Wildman–Crippen LogP) is 4.31. The van der Waals surface area contributed by atoms with Gasteiger partial charge in [-0.25, -0.2) is 0 Å². The molecule has 25 heavy (non-hydrogen) atoms. The Morgan fingerprint density at radius 3 is 2.44 bits per heavy atom. The maximum Gasteiger partial charge on any atom is 0.251 e. The Hall–Kier alpha value is -2.62. The fourth-order valence-corrected chi connectivity index (χ4v) is 3.28. The largest absolute Gasteiger partial charge is 0.346 e. The Morgan fingerprint density at radius 1 is 1.00 bits per heavy atom. The first kappa shape index (κ1) is 17.2. The fraction of sp³-hybridized carbons (Fsp3) is 0.333. The van der Waals surface area contributed by atoms with Crippen molar-refractivity contribution in [3.05, 3.63) is 65.7 Å². The minimum atomic E-state index is -0.145. The highest BCUT2D eigenvalue weighted by Gasteiger charge is 2.22. The van der Waals surface area contributed by atoms with Crippen LogP contribution in [0.2, 0.25) is 0 Å². The Labute approximate surface area is 148 Å². The molecule has 1 unspecified atom stereocenters. The van der Waals surface area contributed by atoms with Crippen LogP contribution in [0.1, 0.15) is 54.6 Å². The Kier molecular flexibility index (Phi) is 5.49. The van der Waals surface area contributed by atoms with Crippen LogP contribution in [0.3, 0.4) is 0 Å². The number of rotatable bonds is 5. The average molecular weight is 336 g/mol. The molecule has 2 aromatic carbocycles. The number of hydrogen-bond acceptors (Lipinski definition) is 2. The lowest BCUT2D eigenvalue weighted by molar-refractivity contribution is -0.119. The van der Waals surface area contributed by atoms with E-state index in [0.29, 0.717) is 11.3 Å². The quantitative estimate of drug-likeness (QED) is 0.855. The summed E-state index contributed by atoms with van der Waals surface area (Å²) in [6, 6.07) is 16.9. The Bertz CT molecular complexity index is 737. The third kappa shape index (κ3) is 4.47. The number of benzene rings is 2. The van der Waals surface area contributed by atoms with Crippen molar-refractivity contribution in [2.45, 2.75) is 38.6 Å². The van der Waals surface area contributed by atoms with Gasteiger partial charge in [-0.15, -0.1) is 0 Å². The van der Waals surface area contributed by atoms with Gasteiger partial charge in [0.2, 0.25) is 5.91 Å². The lowest BCUT2D eigenvalue weighted by Gasteiger charge is -2.15. The molecule has 0 spiro atoms. The normalized spacial score (nSPS) is 15.6. The summed E-state index contributed by atoms with van der Waals surface area (Å²) < 4.78 is 0. The van der Waals surface area contributed by atoms with Gasteiger partial charge in [0.1, 0.15) is 0 Å². The average Bonchev–Trinajstić information content (AvgIpc) is 3.17. The van der Waals surface area contributed by atoms with Gasteiger partial charge in [0.15, 0.2) is 0 Å². The minimum Gasteiger partial charge on any atom is -0.346 e. The molecule has 1 fully saturated rings. The van der Waals surface area contributed by atoms with Crippen molar-refractivity contribution in [2.75, 3.05) is 5.32 Å². The molecule has 0 aromatic heterocycles. The van der Waals surface area contributed by atoms with Gasteiger partial charge in [0, 0.05) is 17.2 Å². The second kappa shape index (κ2) is 7.97. The second-order valence-corrected chi connectivity index (χ2v) is 6.66. The first-order chi connectivity index (χ1) is 12.1. The zero-order valence-electron chi connectivity index (χ0n) is 14.5. The zero-order chi connectivity index (χ0) is 17.6. The van der Waals surface area contributed by atoms with E-state index in [-0.39, 0.29) is 23.8 Å². The van der Waals surface area contributed by atoms with Gasteiger partial charge in [-0.3, -0.25) is 9.59 Å². The smallest absolute Gasteiger partial charge is 0.251 e. The monoisotopic (exact) mass is 336 g/mol. The summed E-state index contributed by atoms with van der Waals surface area (Å²) in [5.74, 6) is 0.0246. The van der Waals surface area contributed by atoms with Crippen molar-refractivity contribution >= 4 is 17.5 Å². The maximum atomic E-state index is 12.5. The van der Waals surface area contributed by atoms with E-state index in [1.807, 2.05) is 43.3 Å². The summed E-state index contributed by atoms with van der Waals surface area (Å²) in [5.41, 5.74) is 2.28. The lowest BCUT2D eigenvalue weighted by Crippen LogP contribution is -2.27. The van der Waals surface area contributed by atoms with Gasteiger partial charge in [-0.2, -0.15) is 0 Å². The van der Waals surface area contributed by atoms with E-state index < -0.39 is 0 Å². The van der Waals surface area contributed by atoms with E-state index in [0.717, 1.165) is 31.2 Å². The summed E-state index contributed by atoms with van der Waals surface area (Å²) >= 11 is 0. The van der Waals surface area contributed by atoms with E-state index >= 15 is 0 Å². The topological polar surface area (TPSA) is 58.2 Å². The van der Waals surface area contributed by atoms with Crippen LogP contribution in [-0.4, -0.2) is 11.8 Å². The van der Waals surface area contributed by atoms with Crippen LogP contribution in [0.15, 0.2) is 54.6 Å². The highest BCUT2D eigenvalue weighted by Crippen LogP contribution is 2.26. The molecule has 130 valence electrons. The number of nitrogens with one attached hydrogen (secondary N) is 2. The number of carbonyl (C=O) groups is 2. The van der Waals surface area contributed by atoms with Crippen molar-refractivity contribution in [1.29, 1.82) is 0 Å². The predicted molar refractivity (Wildman–Crippen MR) is 99.4 cm³/mol. The Balaban J connectivity index is 1.64. The van der Waals surface area contributed by atoms with Gasteiger partial charge < -0.3 is 10.6 Å². The molecule has 1 atom stereocenters. The molecule has 0 heterocycles. The van der Waals surface area contributed by atoms with Crippen LogP contribution in [0.25, 0.3) is 0 Å². The van der Waals surface area contributed by atoms with Gasteiger partial charge in [0.05, 0.1) is 6.04 Å². The molecular formula is C21H24N2O2. The van der Waals surface area contributed by atoms with Crippen molar-refractivity contribution in [3.8, 4) is 0 Å². The Morgan fingerprint density at radius 2 is 1.72 bits per heavy atom. The minimum absolute atomic E-state index is 0.0627. The maximum absolute atomic E-state index is 12.5.